The van der Waals surface area contributed by atoms with Crippen molar-refractivity contribution in [1.29, 1.82) is 0 Å². The number of nitrogens with one attached hydrogen (secondary N) is 1. The van der Waals surface area contributed by atoms with Crippen LogP contribution in [-0.2, 0) is 44.5 Å². The number of hydrogen-bond acceptors (Lipinski definition) is 9. The number of ether oxygens (including phenoxy) is 1. The number of anilines is 1. The van der Waals surface area contributed by atoms with E-state index in [4.69, 9.17) is 4.74 Å². The molecule has 1 aliphatic rings. The van der Waals surface area contributed by atoms with Gasteiger partial charge in [0.05, 0.1) is 22.8 Å². The van der Waals surface area contributed by atoms with Crippen molar-refractivity contribution in [2.24, 2.45) is 5.92 Å². The van der Waals surface area contributed by atoms with E-state index in [1.807, 2.05) is 6.92 Å². The second-order valence-corrected chi connectivity index (χ2v) is 13.5. The number of hydrogen-bond donors (Lipinski definition) is 1. The first kappa shape index (κ1) is 29.0. The predicted molar refractivity (Wildman–Crippen MR) is 153 cm³/mol. The molecule has 1 N–H and O–H groups in total. The number of allylic oxidation sites excluding steroid dienone is 1. The number of benzene rings is 1. The Labute approximate surface area is 237 Å². The van der Waals surface area contributed by atoms with Crippen molar-refractivity contribution < 1.29 is 22.7 Å². The lowest BCUT2D eigenvalue weighted by Gasteiger charge is -2.18. The Kier molecular flexibility index (Phi) is 9.29. The zero-order chi connectivity index (χ0) is 28.2. The number of amides is 1. The minimum Gasteiger partial charge on any atom is -0.462 e. The van der Waals surface area contributed by atoms with E-state index in [0.717, 1.165) is 47.0 Å². The fourth-order valence-electron chi connectivity index (χ4n) is 4.39. The van der Waals surface area contributed by atoms with Crippen LogP contribution in [-0.4, -0.2) is 47.4 Å². The summed E-state index contributed by atoms with van der Waals surface area (Å²) in [6.07, 6.45) is 4.26. The number of thiophene rings is 1. The summed E-state index contributed by atoms with van der Waals surface area (Å²) < 4.78 is 32.9. The Hall–Kier alpha value is -2.96. The minimum absolute atomic E-state index is 0.00121. The summed E-state index contributed by atoms with van der Waals surface area (Å²) in [6.45, 7) is 10.1. The largest absolute Gasteiger partial charge is 0.462 e. The molecule has 12 heteroatoms. The molecule has 2 heterocycles. The monoisotopic (exact) mass is 588 g/mol. The summed E-state index contributed by atoms with van der Waals surface area (Å²) in [7, 11) is -3.64. The van der Waals surface area contributed by atoms with Crippen LogP contribution in [0.25, 0.3) is 0 Å². The number of aromatic nitrogens is 3. The third-order valence-corrected chi connectivity index (χ3v) is 10.1. The van der Waals surface area contributed by atoms with Crippen LogP contribution in [0.5, 0.6) is 0 Å². The number of nitrogens with zero attached hydrogens (tertiary/aromatic N) is 3. The maximum atomic E-state index is 13.0. The third kappa shape index (κ3) is 6.79. The molecular formula is C27H32N4O5S3. The highest BCUT2D eigenvalue weighted by Gasteiger charge is 2.29. The Morgan fingerprint density at radius 3 is 2.72 bits per heavy atom. The molecule has 0 spiro atoms. The van der Waals surface area contributed by atoms with E-state index in [2.05, 4.69) is 29.0 Å². The van der Waals surface area contributed by atoms with Gasteiger partial charge in [-0.05, 0) is 56.7 Å². The van der Waals surface area contributed by atoms with Gasteiger partial charge in [-0.15, -0.1) is 28.1 Å². The standard InChI is InChI=1S/C27H32N4O5S3/c1-5-13-31-22(16-39(34,35)19-10-7-17(3)8-11-19)29-30-27(31)37-15-23(32)28-25-24(26(33)36-6-2)20-12-9-18(4)14-21(20)38-25/h5,7-8,10-11,18H,1,6,9,12-16H2,2-4H3,(H,28,32). The lowest BCUT2D eigenvalue weighted by molar-refractivity contribution is -0.113. The molecule has 39 heavy (non-hydrogen) atoms. The van der Waals surface area contributed by atoms with Gasteiger partial charge in [-0.3, -0.25) is 4.79 Å². The molecular weight excluding hydrogens is 557 g/mol. The van der Waals surface area contributed by atoms with Gasteiger partial charge >= 0.3 is 5.97 Å². The topological polar surface area (TPSA) is 120 Å². The molecule has 0 saturated heterocycles. The molecule has 1 aromatic carbocycles. The predicted octanol–water partition coefficient (Wildman–Crippen LogP) is 4.84. The van der Waals surface area contributed by atoms with Crippen LogP contribution >= 0.6 is 23.1 Å². The van der Waals surface area contributed by atoms with Crippen LogP contribution in [0.3, 0.4) is 0 Å². The van der Waals surface area contributed by atoms with E-state index in [1.54, 1.807) is 41.8 Å². The SMILES string of the molecule is C=CCn1c(CS(=O)(=O)c2ccc(C)cc2)nnc1SCC(=O)Nc1sc2c(c1C(=O)OCC)CCC(C)C2. The fraction of sp³-hybridized carbons (Fsp3) is 0.407. The van der Waals surface area contributed by atoms with Gasteiger partial charge in [0.2, 0.25) is 5.91 Å². The Balaban J connectivity index is 1.48. The van der Waals surface area contributed by atoms with Gasteiger partial charge in [0, 0.05) is 11.4 Å². The van der Waals surface area contributed by atoms with Crippen molar-refractivity contribution in [3.05, 3.63) is 64.3 Å². The van der Waals surface area contributed by atoms with Gasteiger partial charge in [0.25, 0.3) is 0 Å². The molecule has 9 nitrogen and oxygen atoms in total. The summed E-state index contributed by atoms with van der Waals surface area (Å²) in [5.74, 6) is -0.266. The van der Waals surface area contributed by atoms with Gasteiger partial charge in [-0.2, -0.15) is 0 Å². The quantitative estimate of drug-likeness (QED) is 0.192. The highest BCUT2D eigenvalue weighted by atomic mass is 32.2. The maximum absolute atomic E-state index is 13.0. The number of thioether (sulfide) groups is 1. The third-order valence-electron chi connectivity index (χ3n) is 6.38. The van der Waals surface area contributed by atoms with Gasteiger partial charge in [0.15, 0.2) is 15.0 Å². The Morgan fingerprint density at radius 2 is 2.03 bits per heavy atom. The van der Waals surface area contributed by atoms with Crippen LogP contribution in [0.1, 0.15) is 52.5 Å². The van der Waals surface area contributed by atoms with Gasteiger partial charge in [-0.25, -0.2) is 13.2 Å². The smallest absolute Gasteiger partial charge is 0.341 e. The molecule has 208 valence electrons. The molecule has 1 atom stereocenters. The van der Waals surface area contributed by atoms with Crippen molar-refractivity contribution in [2.75, 3.05) is 17.7 Å². The molecule has 0 saturated carbocycles. The van der Waals surface area contributed by atoms with Crippen LogP contribution in [0, 0.1) is 12.8 Å². The van der Waals surface area contributed by atoms with E-state index in [-0.39, 0.29) is 34.7 Å². The van der Waals surface area contributed by atoms with Crippen molar-refractivity contribution in [3.63, 3.8) is 0 Å². The maximum Gasteiger partial charge on any atom is 0.341 e. The normalized spacial score (nSPS) is 15.0. The Morgan fingerprint density at radius 1 is 1.28 bits per heavy atom. The van der Waals surface area contributed by atoms with E-state index in [0.29, 0.717) is 28.2 Å². The van der Waals surface area contributed by atoms with Crippen LogP contribution in [0.2, 0.25) is 0 Å². The fourth-order valence-corrected chi connectivity index (χ4v) is 7.85. The molecule has 1 unspecified atom stereocenters. The number of carbonyl (C=O) groups is 2. The molecule has 0 bridgehead atoms. The lowest BCUT2D eigenvalue weighted by Crippen LogP contribution is -2.18. The van der Waals surface area contributed by atoms with Crippen LogP contribution in [0.15, 0.2) is 47.0 Å². The zero-order valence-electron chi connectivity index (χ0n) is 22.2. The zero-order valence-corrected chi connectivity index (χ0v) is 24.7. The first-order valence-corrected chi connectivity index (χ1v) is 16.1. The number of rotatable bonds is 11. The molecule has 0 fully saturated rings. The molecule has 3 aromatic rings. The summed E-state index contributed by atoms with van der Waals surface area (Å²) in [5.41, 5.74) is 2.40. The van der Waals surface area contributed by atoms with E-state index in [9.17, 15) is 18.0 Å². The number of aryl methyl sites for hydroxylation is 1. The van der Waals surface area contributed by atoms with Crippen molar-refractivity contribution in [3.8, 4) is 0 Å². The number of fused-ring (bicyclic) bond motifs is 1. The van der Waals surface area contributed by atoms with Crippen molar-refractivity contribution >= 4 is 49.8 Å². The first-order valence-electron chi connectivity index (χ1n) is 12.7. The molecule has 2 aromatic heterocycles. The van der Waals surface area contributed by atoms with Crippen molar-refractivity contribution in [2.45, 2.75) is 62.4 Å². The van der Waals surface area contributed by atoms with Crippen molar-refractivity contribution in [1.82, 2.24) is 14.8 Å². The van der Waals surface area contributed by atoms with Gasteiger partial charge in [0.1, 0.15) is 16.6 Å². The van der Waals surface area contributed by atoms with Gasteiger partial charge < -0.3 is 14.6 Å². The van der Waals surface area contributed by atoms with Crippen LogP contribution in [0.4, 0.5) is 5.00 Å². The van der Waals surface area contributed by atoms with Gasteiger partial charge in [-0.1, -0.05) is 42.5 Å². The average molecular weight is 589 g/mol. The van der Waals surface area contributed by atoms with E-state index in [1.165, 1.54) is 11.3 Å². The number of esters is 1. The summed E-state index contributed by atoms with van der Waals surface area (Å²) in [4.78, 5) is 27.0. The Bertz CT molecular complexity index is 1480. The van der Waals surface area contributed by atoms with Crippen LogP contribution < -0.4 is 5.32 Å². The lowest BCUT2D eigenvalue weighted by atomic mass is 9.88. The summed E-state index contributed by atoms with van der Waals surface area (Å²) in [5, 5.41) is 12.1. The second-order valence-electron chi connectivity index (χ2n) is 9.48. The first-order chi connectivity index (χ1) is 18.6. The van der Waals surface area contributed by atoms with E-state index >= 15 is 0 Å². The van der Waals surface area contributed by atoms with E-state index < -0.39 is 15.8 Å². The summed E-state index contributed by atoms with van der Waals surface area (Å²) in [6, 6.07) is 6.65. The highest BCUT2D eigenvalue weighted by Crippen LogP contribution is 2.40. The highest BCUT2D eigenvalue weighted by molar-refractivity contribution is 7.99. The molecule has 0 radical (unpaired) electrons. The summed E-state index contributed by atoms with van der Waals surface area (Å²) >= 11 is 2.58. The second kappa shape index (κ2) is 12.5. The average Bonchev–Trinajstić information content (AvgIpc) is 3.42. The molecule has 4 rings (SSSR count). The molecule has 0 aliphatic heterocycles. The number of carbonyl (C=O) groups excluding carboxylic acids is 2. The minimum atomic E-state index is -3.64. The number of sulfone groups is 1. The molecule has 1 aliphatic carbocycles. The molecule has 1 amide bonds.